The second-order valence-corrected chi connectivity index (χ2v) is 5.61. The van der Waals surface area contributed by atoms with E-state index in [1.54, 1.807) is 23.7 Å². The van der Waals surface area contributed by atoms with Crippen LogP contribution in [0.15, 0.2) is 54.2 Å². The molecule has 1 amide bonds. The lowest BCUT2D eigenvalue weighted by atomic mass is 10.1. The van der Waals surface area contributed by atoms with Crippen LogP contribution < -0.4 is 5.32 Å². The van der Waals surface area contributed by atoms with Crippen molar-refractivity contribution in [2.75, 3.05) is 5.32 Å². The van der Waals surface area contributed by atoms with E-state index in [1.165, 1.54) is 0 Å². The lowest BCUT2D eigenvalue weighted by molar-refractivity contribution is -0.115. The minimum atomic E-state index is 0.0152. The number of carbonyl (C=O) groups excluding carboxylic acids is 1. The number of nitrogens with one attached hydrogen (secondary N) is 1. The zero-order chi connectivity index (χ0) is 15.4. The lowest BCUT2D eigenvalue weighted by Crippen LogP contribution is -2.08. The van der Waals surface area contributed by atoms with Crippen molar-refractivity contribution in [2.45, 2.75) is 13.3 Å². The molecule has 1 aromatic carbocycles. The number of thiazole rings is 1. The van der Waals surface area contributed by atoms with E-state index in [2.05, 4.69) is 15.3 Å². The summed E-state index contributed by atoms with van der Waals surface area (Å²) in [5.74, 6) is 0.0152. The molecular formula is C17H15N3OS. The smallest absolute Gasteiger partial charge is 0.224 e. The largest absolute Gasteiger partial charge is 0.326 e. The molecule has 0 aliphatic heterocycles. The van der Waals surface area contributed by atoms with E-state index in [-0.39, 0.29) is 5.91 Å². The van der Waals surface area contributed by atoms with E-state index in [1.807, 2.05) is 48.7 Å². The van der Waals surface area contributed by atoms with E-state index in [0.717, 1.165) is 27.5 Å². The third-order valence-corrected chi connectivity index (χ3v) is 4.11. The first kappa shape index (κ1) is 14.4. The molecule has 2 aromatic heterocycles. The van der Waals surface area contributed by atoms with Gasteiger partial charge in [0.25, 0.3) is 0 Å². The Bertz CT molecular complexity index is 766. The molecule has 0 spiro atoms. The van der Waals surface area contributed by atoms with Crippen molar-refractivity contribution in [1.29, 1.82) is 0 Å². The van der Waals surface area contributed by atoms with Crippen LogP contribution in [0.4, 0.5) is 5.69 Å². The fourth-order valence-electron chi connectivity index (χ4n) is 2.01. The predicted molar refractivity (Wildman–Crippen MR) is 89.7 cm³/mol. The summed E-state index contributed by atoms with van der Waals surface area (Å²) in [6.45, 7) is 1.83. The molecule has 22 heavy (non-hydrogen) atoms. The molecule has 0 radical (unpaired) electrons. The minimum absolute atomic E-state index is 0.0152. The number of pyridine rings is 1. The average Bonchev–Trinajstić information content (AvgIpc) is 3.06. The van der Waals surface area contributed by atoms with Gasteiger partial charge in [-0.1, -0.05) is 19.1 Å². The summed E-state index contributed by atoms with van der Waals surface area (Å²) in [4.78, 5) is 20.0. The summed E-state index contributed by atoms with van der Waals surface area (Å²) >= 11 is 1.61. The zero-order valence-electron chi connectivity index (χ0n) is 12.1. The molecule has 0 unspecified atom stereocenters. The van der Waals surface area contributed by atoms with Gasteiger partial charge < -0.3 is 5.32 Å². The maximum absolute atomic E-state index is 11.4. The van der Waals surface area contributed by atoms with Crippen LogP contribution in [-0.2, 0) is 4.79 Å². The monoisotopic (exact) mass is 309 g/mol. The van der Waals surface area contributed by atoms with Crippen molar-refractivity contribution in [2.24, 2.45) is 0 Å². The molecule has 0 aliphatic rings. The highest BCUT2D eigenvalue weighted by atomic mass is 32.1. The highest BCUT2D eigenvalue weighted by Crippen LogP contribution is 2.29. The number of nitrogens with zero attached hydrogens (tertiary/aromatic N) is 2. The van der Waals surface area contributed by atoms with E-state index in [0.29, 0.717) is 6.42 Å². The number of aromatic nitrogens is 2. The van der Waals surface area contributed by atoms with Gasteiger partial charge in [-0.05, 0) is 24.3 Å². The third kappa shape index (κ3) is 3.20. The Kier molecular flexibility index (Phi) is 4.25. The Morgan fingerprint density at radius 3 is 2.50 bits per heavy atom. The number of hydrogen-bond acceptors (Lipinski definition) is 4. The number of amides is 1. The van der Waals surface area contributed by atoms with E-state index < -0.39 is 0 Å². The van der Waals surface area contributed by atoms with Crippen molar-refractivity contribution in [3.05, 3.63) is 54.2 Å². The number of anilines is 1. The summed E-state index contributed by atoms with van der Waals surface area (Å²) in [5.41, 5.74) is 3.84. The molecule has 1 N–H and O–H groups in total. The van der Waals surface area contributed by atoms with Gasteiger partial charge in [0, 0.05) is 41.0 Å². The highest BCUT2D eigenvalue weighted by Gasteiger charge is 2.07. The molecule has 0 fully saturated rings. The molecule has 5 heteroatoms. The van der Waals surface area contributed by atoms with Crippen molar-refractivity contribution in [1.82, 2.24) is 9.97 Å². The van der Waals surface area contributed by atoms with Gasteiger partial charge >= 0.3 is 0 Å². The van der Waals surface area contributed by atoms with Gasteiger partial charge in [0.15, 0.2) is 0 Å². The molecule has 0 atom stereocenters. The molecule has 3 aromatic rings. The highest BCUT2D eigenvalue weighted by molar-refractivity contribution is 7.13. The Hall–Kier alpha value is -2.53. The van der Waals surface area contributed by atoms with Crippen LogP contribution in [0.3, 0.4) is 0 Å². The summed E-state index contributed by atoms with van der Waals surface area (Å²) in [7, 11) is 0. The number of rotatable bonds is 4. The third-order valence-electron chi connectivity index (χ3n) is 3.22. The van der Waals surface area contributed by atoms with Crippen LogP contribution in [0.2, 0.25) is 0 Å². The second kappa shape index (κ2) is 6.49. The first-order valence-corrected chi connectivity index (χ1v) is 7.90. The molecule has 4 nitrogen and oxygen atoms in total. The lowest BCUT2D eigenvalue weighted by Gasteiger charge is -2.04. The first-order chi connectivity index (χ1) is 10.8. The summed E-state index contributed by atoms with van der Waals surface area (Å²) in [6, 6.07) is 11.6. The summed E-state index contributed by atoms with van der Waals surface area (Å²) in [6.07, 6.45) is 4.01. The number of hydrogen-bond donors (Lipinski definition) is 1. The van der Waals surface area contributed by atoms with Crippen molar-refractivity contribution in [3.63, 3.8) is 0 Å². The quantitative estimate of drug-likeness (QED) is 0.785. The van der Waals surface area contributed by atoms with E-state index in [9.17, 15) is 4.79 Å². The SMILES string of the molecule is CCC(=O)Nc1ccc(-c2csc(-c3ccncc3)n2)cc1. The van der Waals surface area contributed by atoms with Crippen LogP contribution in [-0.4, -0.2) is 15.9 Å². The summed E-state index contributed by atoms with van der Waals surface area (Å²) < 4.78 is 0. The maximum Gasteiger partial charge on any atom is 0.224 e. The summed E-state index contributed by atoms with van der Waals surface area (Å²) in [5, 5.41) is 5.85. The molecule has 0 aliphatic carbocycles. The molecule has 0 saturated carbocycles. The second-order valence-electron chi connectivity index (χ2n) is 4.75. The maximum atomic E-state index is 11.4. The Morgan fingerprint density at radius 2 is 1.82 bits per heavy atom. The van der Waals surface area contributed by atoms with Crippen molar-refractivity contribution >= 4 is 22.9 Å². The Morgan fingerprint density at radius 1 is 1.09 bits per heavy atom. The molecule has 3 rings (SSSR count). The van der Waals surface area contributed by atoms with Gasteiger partial charge in [-0.25, -0.2) is 4.98 Å². The van der Waals surface area contributed by atoms with Gasteiger partial charge in [0.2, 0.25) is 5.91 Å². The van der Waals surface area contributed by atoms with Gasteiger partial charge in [-0.15, -0.1) is 11.3 Å². The normalized spacial score (nSPS) is 10.4. The van der Waals surface area contributed by atoms with Gasteiger partial charge in [-0.3, -0.25) is 9.78 Å². The van der Waals surface area contributed by atoms with Crippen LogP contribution in [0, 0.1) is 0 Å². The fourth-order valence-corrected chi connectivity index (χ4v) is 2.84. The number of carbonyl (C=O) groups is 1. The molecule has 0 saturated heterocycles. The Labute approximate surface area is 132 Å². The molecule has 2 heterocycles. The van der Waals surface area contributed by atoms with Crippen LogP contribution in [0.5, 0.6) is 0 Å². The fraction of sp³-hybridized carbons (Fsp3) is 0.118. The predicted octanol–water partition coefficient (Wildman–Crippen LogP) is 4.22. The average molecular weight is 309 g/mol. The topological polar surface area (TPSA) is 54.9 Å². The molecule has 0 bridgehead atoms. The molecule has 110 valence electrons. The van der Waals surface area contributed by atoms with Crippen molar-refractivity contribution in [3.8, 4) is 21.8 Å². The van der Waals surface area contributed by atoms with Gasteiger partial charge in [0.1, 0.15) is 5.01 Å². The van der Waals surface area contributed by atoms with E-state index in [4.69, 9.17) is 0 Å². The first-order valence-electron chi connectivity index (χ1n) is 7.02. The van der Waals surface area contributed by atoms with Crippen LogP contribution in [0.25, 0.3) is 21.8 Å². The zero-order valence-corrected chi connectivity index (χ0v) is 12.9. The minimum Gasteiger partial charge on any atom is -0.326 e. The van der Waals surface area contributed by atoms with Crippen LogP contribution in [0.1, 0.15) is 13.3 Å². The standard InChI is InChI=1S/C17H15N3OS/c1-2-16(21)19-14-5-3-12(4-6-14)15-11-22-17(20-15)13-7-9-18-10-8-13/h3-11H,2H2,1H3,(H,19,21). The van der Waals surface area contributed by atoms with Gasteiger partial charge in [0.05, 0.1) is 5.69 Å². The van der Waals surface area contributed by atoms with E-state index >= 15 is 0 Å². The van der Waals surface area contributed by atoms with Crippen LogP contribution >= 0.6 is 11.3 Å². The molecular weight excluding hydrogens is 294 g/mol. The van der Waals surface area contributed by atoms with Gasteiger partial charge in [-0.2, -0.15) is 0 Å². The van der Waals surface area contributed by atoms with Crippen molar-refractivity contribution < 1.29 is 4.79 Å². The number of benzene rings is 1. The Balaban J connectivity index is 1.80.